The average Bonchev–Trinajstić information content (AvgIpc) is 1.80. The highest BCUT2D eigenvalue weighted by molar-refractivity contribution is 6.03. The van der Waals surface area contributed by atoms with Crippen molar-refractivity contribution in [3.8, 4) is 0 Å². The van der Waals surface area contributed by atoms with Crippen molar-refractivity contribution in [2.75, 3.05) is 0 Å². The molecule has 0 atom stereocenters. The van der Waals surface area contributed by atoms with Crippen LogP contribution in [0.15, 0.2) is 0 Å². The lowest BCUT2D eigenvalue weighted by Gasteiger charge is -2.08. The quantitative estimate of drug-likeness (QED) is 0.488. The van der Waals surface area contributed by atoms with Gasteiger partial charge in [0.15, 0.2) is 6.42 Å². The Morgan fingerprint density at radius 1 is 0.923 bits per heavy atom. The Balaban J connectivity index is 3.72. The predicted octanol–water partition coefficient (Wildman–Crippen LogP) is 1.09. The van der Waals surface area contributed by atoms with E-state index >= 15 is 0 Å². The molecule has 0 aliphatic heterocycles. The molecule has 0 rings (SSSR count). The van der Waals surface area contributed by atoms with E-state index in [9.17, 15) is 9.59 Å². The first-order chi connectivity index (χ1) is 5.91. The maximum Gasteiger partial charge on any atom is 0.322 e. The second-order valence-electron chi connectivity index (χ2n) is 3.12. The molecular weight excluding hydrogens is 172 g/mol. The summed E-state index contributed by atoms with van der Waals surface area (Å²) in [6, 6.07) is 0. The molecule has 0 aliphatic carbocycles. The van der Waals surface area contributed by atoms with Crippen molar-refractivity contribution >= 4 is 11.9 Å². The summed E-state index contributed by atoms with van der Waals surface area (Å²) in [4.78, 5) is 21.7. The predicted molar refractivity (Wildman–Crippen MR) is 46.8 cm³/mol. The van der Waals surface area contributed by atoms with Gasteiger partial charge in [0.2, 0.25) is 0 Å². The van der Waals surface area contributed by atoms with E-state index in [0.717, 1.165) is 6.42 Å². The number of rotatable bonds is 4. The van der Waals surface area contributed by atoms with Gasteiger partial charge in [-0.1, -0.05) is 0 Å². The van der Waals surface area contributed by atoms with Crippen molar-refractivity contribution in [1.82, 2.24) is 0 Å². The molecule has 4 heteroatoms. The maximum atomic E-state index is 10.9. The van der Waals surface area contributed by atoms with Crippen LogP contribution < -0.4 is 0 Å². The molecule has 0 aromatic carbocycles. The number of ether oxygens (including phenoxy) is 2. The van der Waals surface area contributed by atoms with Crippen LogP contribution in [0.25, 0.3) is 0 Å². The first-order valence-corrected chi connectivity index (χ1v) is 4.17. The molecule has 0 spiro atoms. The summed E-state index contributed by atoms with van der Waals surface area (Å²) in [7, 11) is 0. The Morgan fingerprint density at radius 2 is 1.23 bits per heavy atom. The summed E-state index contributed by atoms with van der Waals surface area (Å²) in [5, 5.41) is 0. The van der Waals surface area contributed by atoms with E-state index in [4.69, 9.17) is 9.47 Å². The van der Waals surface area contributed by atoms with Crippen LogP contribution in [0.4, 0.5) is 0 Å². The first kappa shape index (κ1) is 11.9. The van der Waals surface area contributed by atoms with Gasteiger partial charge in [-0.05, 0) is 27.7 Å². The summed E-state index contributed by atoms with van der Waals surface area (Å²) in [6.45, 7) is 6.83. The molecule has 0 saturated carbocycles. The molecule has 0 aliphatic rings. The number of hydrogen-bond donors (Lipinski definition) is 0. The molecule has 0 fully saturated rings. The van der Waals surface area contributed by atoms with E-state index in [1.54, 1.807) is 27.7 Å². The fourth-order valence-electron chi connectivity index (χ4n) is 0.629. The minimum absolute atomic E-state index is 0.226. The van der Waals surface area contributed by atoms with Crippen LogP contribution in [0.2, 0.25) is 0 Å². The van der Waals surface area contributed by atoms with Gasteiger partial charge < -0.3 is 9.47 Å². The number of hydrogen-bond acceptors (Lipinski definition) is 4. The standard InChI is InChI=1S/C9H15O4/c1-6(2)12-8(10)5-9(11)13-7(3)4/h5-7H,1-4H3. The van der Waals surface area contributed by atoms with Gasteiger partial charge in [0.25, 0.3) is 0 Å². The highest BCUT2D eigenvalue weighted by Gasteiger charge is 2.14. The lowest BCUT2D eigenvalue weighted by Crippen LogP contribution is -2.20. The van der Waals surface area contributed by atoms with E-state index in [-0.39, 0.29) is 12.2 Å². The molecule has 0 saturated heterocycles. The van der Waals surface area contributed by atoms with Gasteiger partial charge in [-0.15, -0.1) is 0 Å². The van der Waals surface area contributed by atoms with Crippen molar-refractivity contribution in [1.29, 1.82) is 0 Å². The van der Waals surface area contributed by atoms with E-state index in [0.29, 0.717) is 0 Å². The van der Waals surface area contributed by atoms with Crippen LogP contribution in [0.1, 0.15) is 27.7 Å². The molecule has 0 N–H and O–H groups in total. The minimum Gasteiger partial charge on any atom is -0.462 e. The number of esters is 2. The molecule has 0 aromatic heterocycles. The highest BCUT2D eigenvalue weighted by Crippen LogP contribution is 1.96. The maximum absolute atomic E-state index is 10.9. The van der Waals surface area contributed by atoms with Gasteiger partial charge in [0, 0.05) is 0 Å². The van der Waals surface area contributed by atoms with Crippen molar-refractivity contribution in [2.24, 2.45) is 0 Å². The lowest BCUT2D eigenvalue weighted by molar-refractivity contribution is -0.151. The largest absolute Gasteiger partial charge is 0.462 e. The second kappa shape index (κ2) is 5.56. The smallest absolute Gasteiger partial charge is 0.322 e. The molecule has 0 amide bonds. The molecule has 0 bridgehead atoms. The van der Waals surface area contributed by atoms with Crippen molar-refractivity contribution < 1.29 is 19.1 Å². The molecule has 4 nitrogen and oxygen atoms in total. The second-order valence-corrected chi connectivity index (χ2v) is 3.12. The molecule has 13 heavy (non-hydrogen) atoms. The van der Waals surface area contributed by atoms with E-state index in [1.165, 1.54) is 0 Å². The first-order valence-electron chi connectivity index (χ1n) is 4.17. The van der Waals surface area contributed by atoms with Gasteiger partial charge in [0.05, 0.1) is 12.2 Å². The minimum atomic E-state index is -0.666. The third-order valence-electron chi connectivity index (χ3n) is 0.939. The van der Waals surface area contributed by atoms with Crippen molar-refractivity contribution in [3.63, 3.8) is 0 Å². The molecule has 0 aromatic rings. The van der Waals surface area contributed by atoms with Crippen LogP contribution >= 0.6 is 0 Å². The van der Waals surface area contributed by atoms with Crippen LogP contribution in [0, 0.1) is 6.42 Å². The summed E-state index contributed by atoms with van der Waals surface area (Å²) in [5.74, 6) is -1.33. The zero-order valence-electron chi connectivity index (χ0n) is 8.37. The van der Waals surface area contributed by atoms with Gasteiger partial charge in [-0.25, -0.2) is 0 Å². The van der Waals surface area contributed by atoms with Crippen LogP contribution in [0.3, 0.4) is 0 Å². The molecule has 0 heterocycles. The molecule has 0 unspecified atom stereocenters. The van der Waals surface area contributed by atoms with Gasteiger partial charge in [-0.2, -0.15) is 0 Å². The topological polar surface area (TPSA) is 52.6 Å². The molecular formula is C9H15O4. The summed E-state index contributed by atoms with van der Waals surface area (Å²) in [5.41, 5.74) is 0. The highest BCUT2D eigenvalue weighted by atomic mass is 16.6. The van der Waals surface area contributed by atoms with Crippen LogP contribution in [0.5, 0.6) is 0 Å². The van der Waals surface area contributed by atoms with E-state index in [1.807, 2.05) is 0 Å². The van der Waals surface area contributed by atoms with Gasteiger partial charge in [0.1, 0.15) is 0 Å². The SMILES string of the molecule is CC(C)OC(=O)[CH]C(=O)OC(C)C. The van der Waals surface area contributed by atoms with Gasteiger partial charge in [-0.3, -0.25) is 9.59 Å². The summed E-state index contributed by atoms with van der Waals surface area (Å²) >= 11 is 0. The Labute approximate surface area is 78.2 Å². The van der Waals surface area contributed by atoms with Crippen molar-refractivity contribution in [2.45, 2.75) is 39.9 Å². The average molecular weight is 187 g/mol. The Morgan fingerprint density at radius 3 is 1.46 bits per heavy atom. The number of carbonyl (C=O) groups excluding carboxylic acids is 2. The van der Waals surface area contributed by atoms with E-state index < -0.39 is 11.9 Å². The van der Waals surface area contributed by atoms with Crippen LogP contribution in [-0.4, -0.2) is 24.1 Å². The lowest BCUT2D eigenvalue weighted by atomic mass is 10.4. The Hall–Kier alpha value is -1.06. The van der Waals surface area contributed by atoms with Crippen LogP contribution in [-0.2, 0) is 19.1 Å². The Bertz CT molecular complexity index is 164. The molecule has 1 radical (unpaired) electrons. The normalized spacial score (nSPS) is 10.3. The third kappa shape index (κ3) is 7.31. The summed E-state index contributed by atoms with van der Waals surface area (Å²) < 4.78 is 9.41. The fraction of sp³-hybridized carbons (Fsp3) is 0.667. The third-order valence-corrected chi connectivity index (χ3v) is 0.939. The van der Waals surface area contributed by atoms with Gasteiger partial charge >= 0.3 is 11.9 Å². The monoisotopic (exact) mass is 187 g/mol. The fourth-order valence-corrected chi connectivity index (χ4v) is 0.629. The zero-order chi connectivity index (χ0) is 10.4. The van der Waals surface area contributed by atoms with Crippen molar-refractivity contribution in [3.05, 3.63) is 6.42 Å². The summed E-state index contributed by atoms with van der Waals surface area (Å²) in [6.07, 6.45) is 0.353. The van der Waals surface area contributed by atoms with E-state index in [2.05, 4.69) is 0 Å². The zero-order valence-corrected chi connectivity index (χ0v) is 8.37. The Kier molecular flexibility index (Phi) is 5.11. The molecule has 75 valence electrons. The number of carbonyl (C=O) groups is 2.